The van der Waals surface area contributed by atoms with E-state index in [0.717, 1.165) is 36.3 Å². The molecule has 2 rings (SSSR count). The molecular weight excluding hydrogens is 274 g/mol. The largest absolute Gasteiger partial charge is 0.478 e. The second-order valence-corrected chi connectivity index (χ2v) is 5.60. The van der Waals surface area contributed by atoms with Gasteiger partial charge in [-0.3, -0.25) is 0 Å². The maximum atomic E-state index is 10.7. The van der Waals surface area contributed by atoms with Gasteiger partial charge in [0, 0.05) is 19.2 Å². The number of halogens is 1. The highest BCUT2D eigenvalue weighted by atomic mass is 35.5. The number of aliphatic carboxylic acids is 1. The van der Waals surface area contributed by atoms with Crippen LogP contribution in [0.4, 0.5) is 5.69 Å². The first-order chi connectivity index (χ1) is 9.61. The average Bonchev–Trinajstić information content (AvgIpc) is 2.45. The minimum Gasteiger partial charge on any atom is -0.478 e. The van der Waals surface area contributed by atoms with Gasteiger partial charge in [0.15, 0.2) is 0 Å². The lowest BCUT2D eigenvalue weighted by atomic mass is 9.93. The van der Waals surface area contributed by atoms with Gasteiger partial charge in [0.25, 0.3) is 0 Å². The van der Waals surface area contributed by atoms with E-state index in [1.165, 1.54) is 19.3 Å². The van der Waals surface area contributed by atoms with Crippen molar-refractivity contribution in [2.24, 2.45) is 5.92 Å². The van der Waals surface area contributed by atoms with Gasteiger partial charge in [-0.25, -0.2) is 4.79 Å². The molecule has 1 saturated heterocycles. The average molecular weight is 294 g/mol. The predicted molar refractivity (Wildman–Crippen MR) is 83.3 cm³/mol. The Morgan fingerprint density at radius 1 is 1.45 bits per heavy atom. The number of carbonyl (C=O) groups is 1. The van der Waals surface area contributed by atoms with Gasteiger partial charge in [0.2, 0.25) is 0 Å². The van der Waals surface area contributed by atoms with Crippen molar-refractivity contribution in [2.75, 3.05) is 18.0 Å². The summed E-state index contributed by atoms with van der Waals surface area (Å²) in [6.07, 6.45) is 6.35. The van der Waals surface area contributed by atoms with E-state index in [2.05, 4.69) is 11.8 Å². The number of piperidine rings is 1. The summed E-state index contributed by atoms with van der Waals surface area (Å²) in [5.74, 6) is -0.146. The molecule has 0 spiro atoms. The summed E-state index contributed by atoms with van der Waals surface area (Å²) in [5, 5.41) is 9.47. The molecule has 1 aliphatic heterocycles. The van der Waals surface area contributed by atoms with Crippen LogP contribution >= 0.6 is 11.6 Å². The molecule has 1 N–H and O–H groups in total. The SMILES string of the molecule is CCC1CCN(c2c(Cl)cccc2/C=C/C(=O)O)CC1. The minimum atomic E-state index is -0.944. The molecule has 1 heterocycles. The Morgan fingerprint density at radius 3 is 2.75 bits per heavy atom. The standard InChI is InChI=1S/C16H20ClNO2/c1-2-12-8-10-18(11-9-12)16-13(6-7-15(19)20)4-3-5-14(16)17/h3-7,12H,2,8-11H2,1H3,(H,19,20)/b7-6+. The molecule has 0 aliphatic carbocycles. The van der Waals surface area contributed by atoms with E-state index in [4.69, 9.17) is 16.7 Å². The lowest BCUT2D eigenvalue weighted by molar-refractivity contribution is -0.131. The summed E-state index contributed by atoms with van der Waals surface area (Å²) < 4.78 is 0. The van der Waals surface area contributed by atoms with E-state index in [9.17, 15) is 4.79 Å². The maximum Gasteiger partial charge on any atom is 0.328 e. The number of para-hydroxylation sites is 1. The summed E-state index contributed by atoms with van der Waals surface area (Å²) >= 11 is 6.33. The first-order valence-corrected chi connectivity index (χ1v) is 7.44. The van der Waals surface area contributed by atoms with Gasteiger partial charge in [0.1, 0.15) is 0 Å². The number of carboxylic acid groups (broad SMARTS) is 1. The van der Waals surface area contributed by atoms with Crippen molar-refractivity contribution in [3.63, 3.8) is 0 Å². The summed E-state index contributed by atoms with van der Waals surface area (Å²) in [6.45, 7) is 4.20. The van der Waals surface area contributed by atoms with Crippen LogP contribution in [0.15, 0.2) is 24.3 Å². The van der Waals surface area contributed by atoms with Gasteiger partial charge in [-0.05, 0) is 36.5 Å². The van der Waals surface area contributed by atoms with Crippen LogP contribution in [-0.2, 0) is 4.79 Å². The summed E-state index contributed by atoms with van der Waals surface area (Å²) in [4.78, 5) is 13.0. The van der Waals surface area contributed by atoms with Crippen molar-refractivity contribution in [3.05, 3.63) is 34.9 Å². The number of rotatable bonds is 4. The number of nitrogens with zero attached hydrogens (tertiary/aromatic N) is 1. The Balaban J connectivity index is 2.24. The molecular formula is C16H20ClNO2. The van der Waals surface area contributed by atoms with Crippen molar-refractivity contribution in [1.29, 1.82) is 0 Å². The molecule has 20 heavy (non-hydrogen) atoms. The molecule has 108 valence electrons. The number of hydrogen-bond donors (Lipinski definition) is 1. The van der Waals surface area contributed by atoms with Gasteiger partial charge in [-0.1, -0.05) is 37.1 Å². The molecule has 1 fully saturated rings. The molecule has 0 aromatic heterocycles. The van der Waals surface area contributed by atoms with Gasteiger partial charge in [0.05, 0.1) is 10.7 Å². The Bertz CT molecular complexity index is 505. The number of benzene rings is 1. The molecule has 0 amide bonds. The quantitative estimate of drug-likeness (QED) is 0.851. The van der Waals surface area contributed by atoms with Crippen LogP contribution in [0, 0.1) is 5.92 Å². The van der Waals surface area contributed by atoms with Crippen molar-refractivity contribution in [1.82, 2.24) is 0 Å². The third-order valence-corrected chi connectivity index (χ3v) is 4.24. The van der Waals surface area contributed by atoms with Crippen LogP contribution in [-0.4, -0.2) is 24.2 Å². The zero-order valence-electron chi connectivity index (χ0n) is 11.7. The van der Waals surface area contributed by atoms with Crippen LogP contribution in [0.25, 0.3) is 6.08 Å². The molecule has 4 heteroatoms. The first-order valence-electron chi connectivity index (χ1n) is 7.06. The Morgan fingerprint density at radius 2 is 2.15 bits per heavy atom. The van der Waals surface area contributed by atoms with E-state index >= 15 is 0 Å². The topological polar surface area (TPSA) is 40.5 Å². The fraction of sp³-hybridized carbons (Fsp3) is 0.438. The molecule has 1 aliphatic rings. The van der Waals surface area contributed by atoms with Crippen LogP contribution < -0.4 is 4.90 Å². The first kappa shape index (κ1) is 14.9. The van der Waals surface area contributed by atoms with Crippen molar-refractivity contribution in [3.8, 4) is 0 Å². The number of carboxylic acids is 1. The fourth-order valence-corrected chi connectivity index (χ4v) is 3.03. The normalized spacial score (nSPS) is 16.8. The molecule has 0 saturated carbocycles. The molecule has 0 radical (unpaired) electrons. The second kappa shape index (κ2) is 6.80. The van der Waals surface area contributed by atoms with Crippen molar-refractivity contribution in [2.45, 2.75) is 26.2 Å². The summed E-state index contributed by atoms with van der Waals surface area (Å²) in [5.41, 5.74) is 1.83. The molecule has 0 unspecified atom stereocenters. The highest BCUT2D eigenvalue weighted by Gasteiger charge is 2.21. The van der Waals surface area contributed by atoms with Gasteiger partial charge >= 0.3 is 5.97 Å². The van der Waals surface area contributed by atoms with E-state index in [1.807, 2.05) is 18.2 Å². The highest BCUT2D eigenvalue weighted by Crippen LogP contribution is 2.34. The highest BCUT2D eigenvalue weighted by molar-refractivity contribution is 6.33. The summed E-state index contributed by atoms with van der Waals surface area (Å²) in [7, 11) is 0. The van der Waals surface area contributed by atoms with E-state index < -0.39 is 5.97 Å². The van der Waals surface area contributed by atoms with Gasteiger partial charge < -0.3 is 10.0 Å². The Labute approximate surface area is 124 Å². The molecule has 0 atom stereocenters. The minimum absolute atomic E-state index is 0.687. The van der Waals surface area contributed by atoms with Gasteiger partial charge in [-0.15, -0.1) is 0 Å². The van der Waals surface area contributed by atoms with Crippen LogP contribution in [0.1, 0.15) is 31.7 Å². The Hall–Kier alpha value is -1.48. The third kappa shape index (κ3) is 3.54. The van der Waals surface area contributed by atoms with E-state index in [-0.39, 0.29) is 0 Å². The Kier molecular flexibility index (Phi) is 5.07. The van der Waals surface area contributed by atoms with Crippen LogP contribution in [0.3, 0.4) is 0 Å². The lowest BCUT2D eigenvalue weighted by Gasteiger charge is -2.34. The van der Waals surface area contributed by atoms with E-state index in [1.54, 1.807) is 6.08 Å². The molecule has 3 nitrogen and oxygen atoms in total. The lowest BCUT2D eigenvalue weighted by Crippen LogP contribution is -2.34. The van der Waals surface area contributed by atoms with Crippen LogP contribution in [0.2, 0.25) is 5.02 Å². The van der Waals surface area contributed by atoms with E-state index in [0.29, 0.717) is 5.02 Å². The predicted octanol–water partition coefficient (Wildman–Crippen LogP) is 4.06. The van der Waals surface area contributed by atoms with Crippen molar-refractivity contribution >= 4 is 29.3 Å². The van der Waals surface area contributed by atoms with Crippen molar-refractivity contribution < 1.29 is 9.90 Å². The molecule has 0 bridgehead atoms. The maximum absolute atomic E-state index is 10.7. The molecule has 1 aromatic carbocycles. The number of anilines is 1. The second-order valence-electron chi connectivity index (χ2n) is 5.19. The zero-order chi connectivity index (χ0) is 14.5. The van der Waals surface area contributed by atoms with Crippen LogP contribution in [0.5, 0.6) is 0 Å². The summed E-state index contributed by atoms with van der Waals surface area (Å²) in [6, 6.07) is 5.62. The third-order valence-electron chi connectivity index (χ3n) is 3.93. The van der Waals surface area contributed by atoms with Gasteiger partial charge in [-0.2, -0.15) is 0 Å². The smallest absolute Gasteiger partial charge is 0.328 e. The molecule has 1 aromatic rings. The zero-order valence-corrected chi connectivity index (χ0v) is 12.4. The fourth-order valence-electron chi connectivity index (χ4n) is 2.73. The number of hydrogen-bond acceptors (Lipinski definition) is 2. The monoisotopic (exact) mass is 293 g/mol.